The molecule has 2 rings (SSSR count). The van der Waals surface area contributed by atoms with E-state index in [9.17, 15) is 0 Å². The zero-order chi connectivity index (χ0) is 12.3. The largest absolute Gasteiger partial charge is 0.317 e. The third-order valence-corrected chi connectivity index (χ3v) is 6.13. The van der Waals surface area contributed by atoms with Crippen molar-refractivity contribution in [3.8, 4) is 0 Å². The lowest BCUT2D eigenvalue weighted by atomic mass is 9.75. The maximum Gasteiger partial charge on any atom is 0.0314 e. The molecule has 3 unspecified atom stereocenters. The number of halogens is 1. The summed E-state index contributed by atoms with van der Waals surface area (Å²) in [5.74, 6) is 1.76. The third-order valence-electron chi connectivity index (χ3n) is 4.18. The van der Waals surface area contributed by atoms with Gasteiger partial charge in [0.2, 0.25) is 0 Å². The van der Waals surface area contributed by atoms with Crippen molar-refractivity contribution in [1.82, 2.24) is 5.32 Å². The highest BCUT2D eigenvalue weighted by Crippen LogP contribution is 2.35. The Kier molecular flexibility index (Phi) is 5.07. The monoisotopic (exact) mass is 315 g/mol. The first kappa shape index (κ1) is 13.6. The maximum atomic E-state index is 3.66. The molecule has 0 amide bonds. The van der Waals surface area contributed by atoms with Gasteiger partial charge in [-0.25, -0.2) is 0 Å². The molecule has 1 aromatic rings. The van der Waals surface area contributed by atoms with Crippen molar-refractivity contribution in [3.05, 3.63) is 20.8 Å². The molecule has 3 atom stereocenters. The SMILES string of the molecule is CCC1CCC(NC)C(Cc2sccc2Br)C1. The summed E-state index contributed by atoms with van der Waals surface area (Å²) in [6, 6.07) is 2.89. The highest BCUT2D eigenvalue weighted by molar-refractivity contribution is 9.10. The molecule has 1 N–H and O–H groups in total. The fourth-order valence-corrected chi connectivity index (χ4v) is 4.66. The van der Waals surface area contributed by atoms with Gasteiger partial charge >= 0.3 is 0 Å². The first-order valence-electron chi connectivity index (χ1n) is 6.63. The van der Waals surface area contributed by atoms with E-state index in [1.807, 2.05) is 11.3 Å². The van der Waals surface area contributed by atoms with E-state index in [-0.39, 0.29) is 0 Å². The molecule has 1 aliphatic rings. The molecule has 0 bridgehead atoms. The van der Waals surface area contributed by atoms with Crippen LogP contribution < -0.4 is 5.32 Å². The van der Waals surface area contributed by atoms with E-state index >= 15 is 0 Å². The molecule has 0 spiro atoms. The van der Waals surface area contributed by atoms with Crippen LogP contribution >= 0.6 is 27.3 Å². The van der Waals surface area contributed by atoms with Gasteiger partial charge in [-0.2, -0.15) is 0 Å². The molecule has 1 aliphatic carbocycles. The second-order valence-electron chi connectivity index (χ2n) is 5.14. The Bertz CT molecular complexity index is 350. The number of nitrogens with one attached hydrogen (secondary N) is 1. The quantitative estimate of drug-likeness (QED) is 0.864. The fraction of sp³-hybridized carbons (Fsp3) is 0.714. The standard InChI is InChI=1S/C14H22BrNS/c1-3-10-4-5-13(16-2)11(8-10)9-14-12(15)6-7-17-14/h6-7,10-11,13,16H,3-5,8-9H2,1-2H3. The van der Waals surface area contributed by atoms with E-state index in [2.05, 4.69) is 46.7 Å². The molecular formula is C14H22BrNS. The van der Waals surface area contributed by atoms with E-state index in [1.54, 1.807) is 0 Å². The summed E-state index contributed by atoms with van der Waals surface area (Å²) in [7, 11) is 2.12. The Hall–Kier alpha value is 0.140. The van der Waals surface area contributed by atoms with Gasteiger partial charge in [-0.3, -0.25) is 0 Å². The van der Waals surface area contributed by atoms with Gasteiger partial charge in [0, 0.05) is 15.4 Å². The van der Waals surface area contributed by atoms with Crippen molar-refractivity contribution < 1.29 is 0 Å². The van der Waals surface area contributed by atoms with Crippen molar-refractivity contribution in [2.24, 2.45) is 11.8 Å². The average Bonchev–Trinajstić information content (AvgIpc) is 2.75. The number of thiophene rings is 1. The van der Waals surface area contributed by atoms with Crippen LogP contribution in [0.25, 0.3) is 0 Å². The van der Waals surface area contributed by atoms with Crippen LogP contribution in [0.4, 0.5) is 0 Å². The van der Waals surface area contributed by atoms with E-state index in [0.717, 1.165) is 11.8 Å². The summed E-state index contributed by atoms with van der Waals surface area (Å²) in [6.45, 7) is 2.34. The molecule has 96 valence electrons. The lowest BCUT2D eigenvalue weighted by Gasteiger charge is -2.35. The van der Waals surface area contributed by atoms with E-state index in [0.29, 0.717) is 6.04 Å². The Balaban J connectivity index is 2.03. The molecule has 0 aromatic carbocycles. The van der Waals surface area contributed by atoms with Gasteiger partial charge < -0.3 is 5.32 Å². The molecule has 1 fully saturated rings. The summed E-state index contributed by atoms with van der Waals surface area (Å²) in [5, 5.41) is 5.71. The molecule has 1 aromatic heterocycles. The van der Waals surface area contributed by atoms with Crippen molar-refractivity contribution in [3.63, 3.8) is 0 Å². The van der Waals surface area contributed by atoms with Crippen molar-refractivity contribution in [2.75, 3.05) is 7.05 Å². The van der Waals surface area contributed by atoms with Crippen LogP contribution in [0.3, 0.4) is 0 Å². The molecule has 3 heteroatoms. The molecule has 0 saturated heterocycles. The fourth-order valence-electron chi connectivity index (χ4n) is 3.05. The topological polar surface area (TPSA) is 12.0 Å². The minimum atomic E-state index is 0.715. The van der Waals surface area contributed by atoms with Gasteiger partial charge in [0.25, 0.3) is 0 Å². The van der Waals surface area contributed by atoms with Crippen LogP contribution in [-0.4, -0.2) is 13.1 Å². The molecule has 1 heterocycles. The first-order chi connectivity index (χ1) is 8.24. The van der Waals surface area contributed by atoms with Crippen LogP contribution in [0.5, 0.6) is 0 Å². The molecule has 1 nitrogen and oxygen atoms in total. The number of rotatable bonds is 4. The van der Waals surface area contributed by atoms with Gasteiger partial charge in [0.1, 0.15) is 0 Å². The molecular weight excluding hydrogens is 294 g/mol. The summed E-state index contributed by atoms with van der Waals surface area (Å²) in [6.07, 6.45) is 6.73. The molecule has 17 heavy (non-hydrogen) atoms. The lowest BCUT2D eigenvalue weighted by Crippen LogP contribution is -2.39. The van der Waals surface area contributed by atoms with Crippen LogP contribution in [0, 0.1) is 11.8 Å². The summed E-state index contributed by atoms with van der Waals surface area (Å²) in [5.41, 5.74) is 0. The predicted molar refractivity (Wildman–Crippen MR) is 79.7 cm³/mol. The van der Waals surface area contributed by atoms with Gasteiger partial charge in [-0.15, -0.1) is 11.3 Å². The molecule has 0 radical (unpaired) electrons. The first-order valence-corrected chi connectivity index (χ1v) is 8.31. The highest BCUT2D eigenvalue weighted by Gasteiger charge is 2.29. The van der Waals surface area contributed by atoms with Gasteiger partial charge in [-0.05, 0) is 71.9 Å². The van der Waals surface area contributed by atoms with Gasteiger partial charge in [0.05, 0.1) is 0 Å². The second-order valence-corrected chi connectivity index (χ2v) is 6.99. The van der Waals surface area contributed by atoms with Crippen LogP contribution in [0.2, 0.25) is 0 Å². The molecule has 0 aliphatic heterocycles. The maximum absolute atomic E-state index is 3.66. The predicted octanol–water partition coefficient (Wildman–Crippen LogP) is 4.47. The van der Waals surface area contributed by atoms with Crippen LogP contribution in [-0.2, 0) is 6.42 Å². The Morgan fingerprint density at radius 2 is 2.29 bits per heavy atom. The molecule has 1 saturated carbocycles. The Labute approximate surface area is 117 Å². The van der Waals surface area contributed by atoms with Crippen LogP contribution in [0.15, 0.2) is 15.9 Å². The summed E-state index contributed by atoms with van der Waals surface area (Å²) in [4.78, 5) is 1.52. The zero-order valence-electron chi connectivity index (χ0n) is 10.7. The summed E-state index contributed by atoms with van der Waals surface area (Å²) < 4.78 is 1.30. The summed E-state index contributed by atoms with van der Waals surface area (Å²) >= 11 is 5.55. The number of hydrogen-bond acceptors (Lipinski definition) is 2. The van der Waals surface area contributed by atoms with Crippen molar-refractivity contribution in [1.29, 1.82) is 0 Å². The highest BCUT2D eigenvalue weighted by atomic mass is 79.9. The van der Waals surface area contributed by atoms with Crippen LogP contribution in [0.1, 0.15) is 37.5 Å². The zero-order valence-corrected chi connectivity index (χ0v) is 13.1. The second kappa shape index (κ2) is 6.35. The minimum absolute atomic E-state index is 0.715. The normalized spacial score (nSPS) is 29.5. The smallest absolute Gasteiger partial charge is 0.0314 e. The van der Waals surface area contributed by atoms with E-state index < -0.39 is 0 Å². The lowest BCUT2D eigenvalue weighted by molar-refractivity contribution is 0.206. The van der Waals surface area contributed by atoms with Crippen molar-refractivity contribution >= 4 is 27.3 Å². The Morgan fingerprint density at radius 3 is 2.88 bits per heavy atom. The Morgan fingerprint density at radius 1 is 1.47 bits per heavy atom. The minimum Gasteiger partial charge on any atom is -0.317 e. The third kappa shape index (κ3) is 3.33. The van der Waals surface area contributed by atoms with Crippen molar-refractivity contribution in [2.45, 2.75) is 45.1 Å². The number of hydrogen-bond donors (Lipinski definition) is 1. The van der Waals surface area contributed by atoms with E-state index in [4.69, 9.17) is 0 Å². The van der Waals surface area contributed by atoms with Gasteiger partial charge in [0.15, 0.2) is 0 Å². The van der Waals surface area contributed by atoms with Gasteiger partial charge in [-0.1, -0.05) is 13.3 Å². The van der Waals surface area contributed by atoms with E-state index in [1.165, 1.54) is 41.5 Å². The average molecular weight is 316 g/mol.